The molecule has 0 bridgehead atoms. The number of allylic oxidation sites excluding steroid dienone is 2. The van der Waals surface area contributed by atoms with Gasteiger partial charge in [0.05, 0.1) is 4.91 Å². The van der Waals surface area contributed by atoms with Gasteiger partial charge in [0.15, 0.2) is 0 Å². The molecule has 76 valence electrons. The second-order valence-corrected chi connectivity index (χ2v) is 4.94. The summed E-state index contributed by atoms with van der Waals surface area (Å²) in [6.07, 6.45) is 4.58. The number of thioether (sulfide) groups is 1. The molecule has 1 N–H and O–H groups in total. The van der Waals surface area contributed by atoms with Gasteiger partial charge in [0.2, 0.25) is 6.41 Å². The highest BCUT2D eigenvalue weighted by atomic mass is 32.2. The van der Waals surface area contributed by atoms with Crippen LogP contribution in [0.4, 0.5) is 0 Å². The molecule has 0 saturated heterocycles. The van der Waals surface area contributed by atoms with Gasteiger partial charge in [-0.05, 0) is 23.6 Å². The van der Waals surface area contributed by atoms with E-state index in [1.54, 1.807) is 23.1 Å². The lowest BCUT2D eigenvalue weighted by atomic mass is 10.4. The number of carbonyl (C=O) groups excluding carboxylic acids is 1. The molecule has 0 atom stereocenters. The summed E-state index contributed by atoms with van der Waals surface area (Å²) in [6.45, 7) is 0.585. The molecule has 2 heterocycles. The summed E-state index contributed by atoms with van der Waals surface area (Å²) >= 11 is 3.35. The maximum Gasteiger partial charge on any atom is 0.207 e. The third kappa shape index (κ3) is 2.63. The Morgan fingerprint density at radius 1 is 1.53 bits per heavy atom. The predicted octanol–water partition coefficient (Wildman–Crippen LogP) is 2.62. The Hall–Kier alpha value is -1.22. The van der Waals surface area contributed by atoms with Gasteiger partial charge >= 0.3 is 0 Å². The van der Waals surface area contributed by atoms with Crippen LogP contribution in [0.15, 0.2) is 40.3 Å². The first-order valence-electron chi connectivity index (χ1n) is 4.45. The van der Waals surface area contributed by atoms with E-state index in [1.165, 1.54) is 4.88 Å². The van der Waals surface area contributed by atoms with E-state index in [4.69, 9.17) is 0 Å². The van der Waals surface area contributed by atoms with Gasteiger partial charge in [-0.3, -0.25) is 4.79 Å². The lowest BCUT2D eigenvalue weighted by molar-refractivity contribution is -0.109. The average molecular weight is 235 g/mol. The normalized spacial score (nSPS) is 14.4. The number of amides is 1. The Morgan fingerprint density at radius 3 is 3.20 bits per heavy atom. The zero-order valence-electron chi connectivity index (χ0n) is 7.90. The van der Waals surface area contributed by atoms with E-state index in [2.05, 4.69) is 17.1 Å². The first-order chi connectivity index (χ1) is 7.40. The van der Waals surface area contributed by atoms with Crippen molar-refractivity contribution in [1.82, 2.24) is 5.32 Å². The molecule has 1 aromatic heterocycles. The van der Waals surface area contributed by atoms with Crippen LogP contribution in [-0.2, 0) is 4.79 Å². The van der Waals surface area contributed by atoms with Crippen molar-refractivity contribution in [3.05, 3.63) is 45.2 Å². The van der Waals surface area contributed by atoms with E-state index in [0.29, 0.717) is 13.0 Å². The molecule has 2 nitrogen and oxygen atoms in total. The van der Waals surface area contributed by atoms with Crippen molar-refractivity contribution in [2.24, 2.45) is 0 Å². The van der Waals surface area contributed by atoms with Crippen molar-refractivity contribution < 1.29 is 4.79 Å². The summed E-state index contributed by atoms with van der Waals surface area (Å²) in [5, 5.41) is 4.70. The number of rotatable bonds is 4. The summed E-state index contributed by atoms with van der Waals surface area (Å²) < 4.78 is 0. The topological polar surface area (TPSA) is 29.1 Å². The van der Waals surface area contributed by atoms with E-state index in [0.717, 1.165) is 9.81 Å². The molecule has 4 heteroatoms. The van der Waals surface area contributed by atoms with E-state index < -0.39 is 0 Å². The maximum atomic E-state index is 10.2. The van der Waals surface area contributed by atoms with Gasteiger partial charge in [-0.1, -0.05) is 17.8 Å². The number of hydrogen-bond acceptors (Lipinski definition) is 3. The van der Waals surface area contributed by atoms with Crippen molar-refractivity contribution in [2.45, 2.75) is 0 Å². The van der Waals surface area contributed by atoms with Crippen LogP contribution >= 0.6 is 23.1 Å². The minimum absolute atomic E-state index is 0.585. The van der Waals surface area contributed by atoms with Crippen LogP contribution in [0.25, 0.3) is 4.91 Å². The van der Waals surface area contributed by atoms with Crippen molar-refractivity contribution in [3.63, 3.8) is 0 Å². The molecule has 0 aromatic carbocycles. The third-order valence-corrected chi connectivity index (χ3v) is 3.92. The molecule has 1 aliphatic heterocycles. The Bertz CT molecular complexity index is 439. The summed E-state index contributed by atoms with van der Waals surface area (Å²) in [6, 6.07) is 4.10. The monoisotopic (exact) mass is 235 g/mol. The molecule has 1 aliphatic rings. The van der Waals surface area contributed by atoms with Gasteiger partial charge in [-0.25, -0.2) is 0 Å². The fourth-order valence-electron chi connectivity index (χ4n) is 1.17. The molecule has 0 saturated carbocycles. The molecule has 1 amide bonds. The Morgan fingerprint density at radius 2 is 2.47 bits per heavy atom. The average Bonchev–Trinajstić information content (AvgIpc) is 2.80. The lowest BCUT2D eigenvalue weighted by Crippen LogP contribution is -2.13. The Balaban J connectivity index is 2.08. The van der Waals surface area contributed by atoms with Crippen molar-refractivity contribution in [3.8, 4) is 0 Å². The van der Waals surface area contributed by atoms with Gasteiger partial charge in [0, 0.05) is 16.3 Å². The Labute approximate surface area is 96.4 Å². The minimum atomic E-state index is 0.585. The smallest absolute Gasteiger partial charge is 0.207 e. The van der Waals surface area contributed by atoms with Crippen molar-refractivity contribution in [1.29, 1.82) is 0 Å². The van der Waals surface area contributed by atoms with Crippen molar-refractivity contribution in [2.75, 3.05) is 6.54 Å². The first-order valence-corrected chi connectivity index (χ1v) is 6.14. The second-order valence-electron chi connectivity index (χ2n) is 2.85. The molecule has 0 radical (unpaired) electrons. The van der Waals surface area contributed by atoms with Crippen LogP contribution in [0.3, 0.4) is 0 Å². The SMILES string of the molecule is O=CNCC1=CC=C=C(c2cccs2)S1. The van der Waals surface area contributed by atoms with Gasteiger partial charge in [-0.2, -0.15) is 0 Å². The number of carbonyl (C=O) groups is 1. The third-order valence-electron chi connectivity index (χ3n) is 1.82. The summed E-state index contributed by atoms with van der Waals surface area (Å²) in [4.78, 5) is 13.6. The van der Waals surface area contributed by atoms with Gasteiger partial charge in [-0.15, -0.1) is 17.1 Å². The van der Waals surface area contributed by atoms with E-state index >= 15 is 0 Å². The fourth-order valence-corrected chi connectivity index (χ4v) is 2.92. The molecule has 0 spiro atoms. The van der Waals surface area contributed by atoms with Crippen LogP contribution in [-0.4, -0.2) is 13.0 Å². The molecule has 0 fully saturated rings. The highest BCUT2D eigenvalue weighted by molar-refractivity contribution is 8.12. The quantitative estimate of drug-likeness (QED) is 0.642. The molecular weight excluding hydrogens is 226 g/mol. The van der Waals surface area contributed by atoms with Crippen LogP contribution in [0.5, 0.6) is 0 Å². The van der Waals surface area contributed by atoms with E-state index in [-0.39, 0.29) is 0 Å². The highest BCUT2D eigenvalue weighted by Gasteiger charge is 2.08. The molecule has 1 aromatic rings. The fraction of sp³-hybridized carbons (Fsp3) is 0.0909. The van der Waals surface area contributed by atoms with Crippen LogP contribution in [0.2, 0.25) is 0 Å². The molecule has 0 aliphatic carbocycles. The highest BCUT2D eigenvalue weighted by Crippen LogP contribution is 2.36. The van der Waals surface area contributed by atoms with Crippen LogP contribution < -0.4 is 5.32 Å². The summed E-state index contributed by atoms with van der Waals surface area (Å²) in [7, 11) is 0. The molecule has 15 heavy (non-hydrogen) atoms. The van der Waals surface area contributed by atoms with Crippen LogP contribution in [0, 0.1) is 0 Å². The van der Waals surface area contributed by atoms with Crippen LogP contribution in [0.1, 0.15) is 4.88 Å². The number of thiophene rings is 1. The predicted molar refractivity (Wildman–Crippen MR) is 65.5 cm³/mol. The second kappa shape index (κ2) is 5.03. The Kier molecular flexibility index (Phi) is 3.45. The maximum absolute atomic E-state index is 10.2. The zero-order chi connectivity index (χ0) is 10.5. The summed E-state index contributed by atoms with van der Waals surface area (Å²) in [5.74, 6) is 0. The lowest BCUT2D eigenvalue weighted by Gasteiger charge is -2.08. The van der Waals surface area contributed by atoms with Gasteiger partial charge in [0.25, 0.3) is 0 Å². The molecular formula is C11H9NOS2. The largest absolute Gasteiger partial charge is 0.354 e. The minimum Gasteiger partial charge on any atom is -0.354 e. The number of nitrogens with one attached hydrogen (secondary N) is 1. The van der Waals surface area contributed by atoms with Gasteiger partial charge in [0.1, 0.15) is 0 Å². The molecule has 2 rings (SSSR count). The zero-order valence-corrected chi connectivity index (χ0v) is 9.53. The molecule has 0 unspecified atom stereocenters. The summed E-state index contributed by atoms with van der Waals surface area (Å²) in [5.41, 5.74) is 3.20. The number of hydrogen-bond donors (Lipinski definition) is 1. The van der Waals surface area contributed by atoms with E-state index in [1.807, 2.05) is 23.6 Å². The standard InChI is InChI=1S/C11H9NOS2/c13-8-12-7-9-3-1-4-11(15-9)10-5-2-6-14-10/h1-3,5-6,8H,7H2,(H,12,13). The first kappa shape index (κ1) is 10.3. The van der Waals surface area contributed by atoms with Crippen molar-refractivity contribution >= 4 is 34.4 Å². The van der Waals surface area contributed by atoms with E-state index in [9.17, 15) is 4.79 Å². The van der Waals surface area contributed by atoms with Gasteiger partial charge < -0.3 is 5.32 Å².